The van der Waals surface area contributed by atoms with E-state index in [1.54, 1.807) is 18.2 Å². The Bertz CT molecular complexity index is 960. The third kappa shape index (κ3) is 2.61. The van der Waals surface area contributed by atoms with Gasteiger partial charge in [0.15, 0.2) is 5.58 Å². The molecule has 0 saturated carbocycles. The Labute approximate surface area is 133 Å². The Morgan fingerprint density at radius 1 is 0.826 bits per heavy atom. The lowest BCUT2D eigenvalue weighted by Gasteiger charge is -2.02. The van der Waals surface area contributed by atoms with Crippen LogP contribution in [0.1, 0.15) is 11.1 Å². The summed E-state index contributed by atoms with van der Waals surface area (Å²) in [6.45, 7) is 0. The van der Waals surface area contributed by atoms with Gasteiger partial charge in [0.2, 0.25) is 5.89 Å². The highest BCUT2D eigenvalue weighted by Crippen LogP contribution is 2.29. The fourth-order valence-corrected chi connectivity index (χ4v) is 2.71. The number of hydrogen-bond acceptors (Lipinski definition) is 2. The molecule has 4 aromatic rings. The van der Waals surface area contributed by atoms with E-state index in [4.69, 9.17) is 4.42 Å². The Balaban J connectivity index is 1.80. The zero-order valence-corrected chi connectivity index (χ0v) is 12.4. The molecule has 1 aromatic heterocycles. The maximum atomic E-state index is 14.0. The predicted octanol–water partition coefficient (Wildman–Crippen LogP) is 5.22. The maximum absolute atomic E-state index is 14.0. The van der Waals surface area contributed by atoms with Crippen LogP contribution < -0.4 is 0 Å². The summed E-state index contributed by atoms with van der Waals surface area (Å²) in [5.41, 5.74) is 4.09. The second-order valence-electron chi connectivity index (χ2n) is 5.43. The SMILES string of the molecule is Fc1ccccc1-c1nc2cccc(Cc3ccccc3)c2o1. The number of aromatic nitrogens is 1. The van der Waals surface area contributed by atoms with Crippen molar-refractivity contribution in [1.29, 1.82) is 0 Å². The van der Waals surface area contributed by atoms with Gasteiger partial charge in [0.05, 0.1) is 5.56 Å². The lowest BCUT2D eigenvalue weighted by Crippen LogP contribution is -1.87. The fourth-order valence-electron chi connectivity index (χ4n) is 2.71. The van der Waals surface area contributed by atoms with Crippen LogP contribution in [0.3, 0.4) is 0 Å². The van der Waals surface area contributed by atoms with Gasteiger partial charge in [-0.3, -0.25) is 0 Å². The molecular formula is C20H14FNO. The topological polar surface area (TPSA) is 26.0 Å². The minimum Gasteiger partial charge on any atom is -0.436 e. The molecule has 0 amide bonds. The second kappa shape index (κ2) is 5.69. The molecule has 0 atom stereocenters. The normalized spacial score (nSPS) is 11.0. The number of para-hydroxylation sites is 1. The Hall–Kier alpha value is -2.94. The van der Waals surface area contributed by atoms with Gasteiger partial charge < -0.3 is 4.42 Å². The van der Waals surface area contributed by atoms with Crippen LogP contribution in [0.25, 0.3) is 22.6 Å². The van der Waals surface area contributed by atoms with Gasteiger partial charge in [-0.05, 0) is 23.8 Å². The molecular weight excluding hydrogens is 289 g/mol. The molecule has 3 heteroatoms. The lowest BCUT2D eigenvalue weighted by molar-refractivity contribution is 0.591. The first-order valence-corrected chi connectivity index (χ1v) is 7.48. The summed E-state index contributed by atoms with van der Waals surface area (Å²) < 4.78 is 19.8. The van der Waals surface area contributed by atoms with Gasteiger partial charge in [0.25, 0.3) is 0 Å². The van der Waals surface area contributed by atoms with Gasteiger partial charge in [-0.2, -0.15) is 0 Å². The van der Waals surface area contributed by atoms with E-state index in [0.29, 0.717) is 11.5 Å². The van der Waals surface area contributed by atoms with Crippen LogP contribution in [0.4, 0.5) is 4.39 Å². The zero-order valence-electron chi connectivity index (χ0n) is 12.4. The highest BCUT2D eigenvalue weighted by Gasteiger charge is 2.14. The van der Waals surface area contributed by atoms with E-state index in [1.807, 2.05) is 36.4 Å². The molecule has 23 heavy (non-hydrogen) atoms. The predicted molar refractivity (Wildman–Crippen MR) is 88.7 cm³/mol. The molecule has 4 rings (SSSR count). The van der Waals surface area contributed by atoms with Crippen molar-refractivity contribution in [3.05, 3.63) is 89.7 Å². The standard InChI is InChI=1S/C20H14FNO/c21-17-11-5-4-10-16(17)20-22-18-12-6-9-15(19(18)23-20)13-14-7-2-1-3-8-14/h1-12H,13H2. The summed E-state index contributed by atoms with van der Waals surface area (Å²) >= 11 is 0. The van der Waals surface area contributed by atoms with E-state index in [2.05, 4.69) is 17.1 Å². The molecule has 0 radical (unpaired) electrons. The maximum Gasteiger partial charge on any atom is 0.230 e. The van der Waals surface area contributed by atoms with Crippen molar-refractivity contribution in [2.24, 2.45) is 0 Å². The molecule has 0 aliphatic heterocycles. The largest absolute Gasteiger partial charge is 0.436 e. The summed E-state index contributed by atoms with van der Waals surface area (Å²) in [5.74, 6) is -0.0118. The molecule has 0 spiro atoms. The van der Waals surface area contributed by atoms with Gasteiger partial charge >= 0.3 is 0 Å². The van der Waals surface area contributed by atoms with Crippen LogP contribution in [-0.2, 0) is 6.42 Å². The molecule has 0 saturated heterocycles. The quantitative estimate of drug-likeness (QED) is 0.518. The summed E-state index contributed by atoms with van der Waals surface area (Å²) in [4.78, 5) is 4.44. The van der Waals surface area contributed by atoms with Crippen molar-refractivity contribution in [1.82, 2.24) is 4.98 Å². The van der Waals surface area contributed by atoms with Crippen molar-refractivity contribution in [3.63, 3.8) is 0 Å². The molecule has 3 aromatic carbocycles. The van der Waals surface area contributed by atoms with Crippen LogP contribution >= 0.6 is 0 Å². The van der Waals surface area contributed by atoms with Gasteiger partial charge in [-0.25, -0.2) is 9.37 Å². The molecule has 0 aliphatic carbocycles. The minimum atomic E-state index is -0.330. The summed E-state index contributed by atoms with van der Waals surface area (Å²) in [6, 6.07) is 22.6. The molecule has 0 unspecified atom stereocenters. The van der Waals surface area contributed by atoms with Crippen LogP contribution in [0.2, 0.25) is 0 Å². The Morgan fingerprint density at radius 3 is 2.43 bits per heavy atom. The van der Waals surface area contributed by atoms with Gasteiger partial charge in [0, 0.05) is 12.0 Å². The van der Waals surface area contributed by atoms with Gasteiger partial charge in [-0.1, -0.05) is 54.6 Å². The van der Waals surface area contributed by atoms with Crippen molar-refractivity contribution in [2.45, 2.75) is 6.42 Å². The van der Waals surface area contributed by atoms with E-state index < -0.39 is 0 Å². The van der Waals surface area contributed by atoms with Crippen molar-refractivity contribution < 1.29 is 8.81 Å². The lowest BCUT2D eigenvalue weighted by atomic mass is 10.0. The van der Waals surface area contributed by atoms with E-state index in [1.165, 1.54) is 11.6 Å². The fraction of sp³-hybridized carbons (Fsp3) is 0.0500. The molecule has 0 N–H and O–H groups in total. The third-order valence-corrected chi connectivity index (χ3v) is 3.84. The van der Waals surface area contributed by atoms with Crippen LogP contribution in [-0.4, -0.2) is 4.98 Å². The highest BCUT2D eigenvalue weighted by molar-refractivity contribution is 5.79. The number of nitrogens with zero attached hydrogens (tertiary/aromatic N) is 1. The first kappa shape index (κ1) is 13.7. The highest BCUT2D eigenvalue weighted by atomic mass is 19.1. The Morgan fingerprint density at radius 2 is 1.61 bits per heavy atom. The summed E-state index contributed by atoms with van der Waals surface area (Å²) in [7, 11) is 0. The number of benzene rings is 3. The van der Waals surface area contributed by atoms with E-state index in [0.717, 1.165) is 23.1 Å². The first-order chi connectivity index (χ1) is 11.3. The average Bonchev–Trinajstić information content (AvgIpc) is 3.01. The second-order valence-corrected chi connectivity index (χ2v) is 5.43. The van der Waals surface area contributed by atoms with E-state index in [-0.39, 0.29) is 5.82 Å². The summed E-state index contributed by atoms with van der Waals surface area (Å²) in [6.07, 6.45) is 0.754. The van der Waals surface area contributed by atoms with E-state index in [9.17, 15) is 4.39 Å². The molecule has 112 valence electrons. The minimum absolute atomic E-state index is 0.318. The molecule has 0 bridgehead atoms. The molecule has 0 fully saturated rings. The van der Waals surface area contributed by atoms with Crippen molar-refractivity contribution in [2.75, 3.05) is 0 Å². The molecule has 1 heterocycles. The zero-order chi connectivity index (χ0) is 15.6. The van der Waals surface area contributed by atoms with Crippen molar-refractivity contribution in [3.8, 4) is 11.5 Å². The van der Waals surface area contributed by atoms with Crippen molar-refractivity contribution >= 4 is 11.1 Å². The van der Waals surface area contributed by atoms with Crippen LogP contribution in [0, 0.1) is 5.82 Å². The van der Waals surface area contributed by atoms with Gasteiger partial charge in [-0.15, -0.1) is 0 Å². The number of rotatable bonds is 3. The third-order valence-electron chi connectivity index (χ3n) is 3.84. The number of hydrogen-bond donors (Lipinski definition) is 0. The number of halogens is 1. The van der Waals surface area contributed by atoms with Crippen LogP contribution in [0.15, 0.2) is 77.2 Å². The number of oxazole rings is 1. The van der Waals surface area contributed by atoms with Crippen LogP contribution in [0.5, 0.6) is 0 Å². The first-order valence-electron chi connectivity index (χ1n) is 7.48. The monoisotopic (exact) mass is 303 g/mol. The average molecular weight is 303 g/mol. The number of fused-ring (bicyclic) bond motifs is 1. The van der Waals surface area contributed by atoms with Gasteiger partial charge in [0.1, 0.15) is 11.3 Å². The smallest absolute Gasteiger partial charge is 0.230 e. The molecule has 0 aliphatic rings. The Kier molecular flexibility index (Phi) is 3.39. The summed E-state index contributed by atoms with van der Waals surface area (Å²) in [5, 5.41) is 0. The van der Waals surface area contributed by atoms with E-state index >= 15 is 0 Å². The molecule has 2 nitrogen and oxygen atoms in total.